The molecule has 2 aromatic carbocycles. The number of amides is 1. The smallest absolute Gasteiger partial charge is 0.417 e. The predicted octanol–water partition coefficient (Wildman–Crippen LogP) is 5.09. The average molecular weight is 469 g/mol. The molecule has 10 heteroatoms. The van der Waals surface area contributed by atoms with Crippen molar-refractivity contribution in [2.75, 3.05) is 19.5 Å². The number of ether oxygens (including phenoxy) is 1. The lowest BCUT2D eigenvalue weighted by Crippen LogP contribution is -2.19. The van der Waals surface area contributed by atoms with Gasteiger partial charge in [-0.25, -0.2) is 9.97 Å². The molecular formula is C24H22F3N5O2. The number of halogens is 3. The summed E-state index contributed by atoms with van der Waals surface area (Å²) < 4.78 is 47.8. The first kappa shape index (κ1) is 23.1. The Balaban J connectivity index is 1.77. The van der Waals surface area contributed by atoms with Crippen molar-refractivity contribution in [1.29, 1.82) is 0 Å². The standard InChI is InChI=1S/C24H22F3N5O2/c1-4-14-11-15(5-7-17(14)23(33)28-2)31-21-22-30-13-20(32(22)10-9-29-21)18-8-6-16(34-3)12-19(18)24(25,26)27/h5-13H,4H2,1-3H3,(H,28,33)(H,29,31). The predicted molar refractivity (Wildman–Crippen MR) is 122 cm³/mol. The van der Waals surface area contributed by atoms with Gasteiger partial charge in [0.25, 0.3) is 5.91 Å². The van der Waals surface area contributed by atoms with Crippen LogP contribution in [0.1, 0.15) is 28.4 Å². The second kappa shape index (κ2) is 9.05. The highest BCUT2D eigenvalue weighted by Crippen LogP contribution is 2.39. The topological polar surface area (TPSA) is 80.6 Å². The van der Waals surface area contributed by atoms with Crippen molar-refractivity contribution in [1.82, 2.24) is 19.7 Å². The summed E-state index contributed by atoms with van der Waals surface area (Å²) in [6, 6.07) is 9.10. The monoisotopic (exact) mass is 469 g/mol. The molecule has 7 nitrogen and oxygen atoms in total. The highest BCUT2D eigenvalue weighted by molar-refractivity contribution is 5.96. The van der Waals surface area contributed by atoms with Gasteiger partial charge in [-0.15, -0.1) is 0 Å². The third-order valence-corrected chi connectivity index (χ3v) is 5.46. The van der Waals surface area contributed by atoms with E-state index in [4.69, 9.17) is 4.74 Å². The van der Waals surface area contributed by atoms with Gasteiger partial charge < -0.3 is 15.4 Å². The second-order valence-electron chi connectivity index (χ2n) is 7.45. The van der Waals surface area contributed by atoms with E-state index in [-0.39, 0.29) is 22.9 Å². The molecule has 1 amide bonds. The number of carbonyl (C=O) groups is 1. The lowest BCUT2D eigenvalue weighted by atomic mass is 10.0. The molecule has 0 unspecified atom stereocenters. The maximum atomic E-state index is 13.8. The van der Waals surface area contributed by atoms with Crippen LogP contribution in [0.15, 0.2) is 55.0 Å². The zero-order valence-corrected chi connectivity index (χ0v) is 18.7. The van der Waals surface area contributed by atoms with Crippen molar-refractivity contribution in [3.8, 4) is 17.0 Å². The SMILES string of the molecule is CCc1cc(Nc2nccn3c(-c4ccc(OC)cc4C(F)(F)F)cnc23)ccc1C(=O)NC. The number of hydrogen-bond donors (Lipinski definition) is 2. The van der Waals surface area contributed by atoms with Crippen molar-refractivity contribution in [3.63, 3.8) is 0 Å². The Hall–Kier alpha value is -4.08. The molecule has 2 heterocycles. The summed E-state index contributed by atoms with van der Waals surface area (Å²) in [5, 5.41) is 5.78. The van der Waals surface area contributed by atoms with Gasteiger partial charge in [0.1, 0.15) is 5.75 Å². The number of nitrogens with one attached hydrogen (secondary N) is 2. The Kier molecular flexibility index (Phi) is 6.14. The van der Waals surface area contributed by atoms with E-state index in [9.17, 15) is 18.0 Å². The molecule has 0 atom stereocenters. The minimum atomic E-state index is -4.58. The minimum absolute atomic E-state index is 0.0267. The number of benzene rings is 2. The van der Waals surface area contributed by atoms with E-state index in [2.05, 4.69) is 20.6 Å². The molecule has 4 aromatic rings. The van der Waals surface area contributed by atoms with Gasteiger partial charge in [-0.3, -0.25) is 9.20 Å². The van der Waals surface area contributed by atoms with E-state index in [0.29, 0.717) is 29.1 Å². The van der Waals surface area contributed by atoms with Crippen LogP contribution in [0.5, 0.6) is 5.75 Å². The van der Waals surface area contributed by atoms with Gasteiger partial charge in [-0.2, -0.15) is 13.2 Å². The molecule has 176 valence electrons. The zero-order valence-electron chi connectivity index (χ0n) is 18.7. The van der Waals surface area contributed by atoms with Crippen LogP contribution >= 0.6 is 0 Å². The van der Waals surface area contributed by atoms with Crippen LogP contribution < -0.4 is 15.4 Å². The number of fused-ring (bicyclic) bond motifs is 1. The van der Waals surface area contributed by atoms with Crippen LogP contribution in [0.25, 0.3) is 16.9 Å². The summed E-state index contributed by atoms with van der Waals surface area (Å²) in [5.74, 6) is 0.299. The first-order valence-electron chi connectivity index (χ1n) is 10.5. The summed E-state index contributed by atoms with van der Waals surface area (Å²) >= 11 is 0. The third kappa shape index (κ3) is 4.26. The Morgan fingerprint density at radius 2 is 1.94 bits per heavy atom. The fraction of sp³-hybridized carbons (Fsp3) is 0.208. The number of methoxy groups -OCH3 is 1. The van der Waals surface area contributed by atoms with Crippen LogP contribution in [0.3, 0.4) is 0 Å². The Morgan fingerprint density at radius 3 is 2.62 bits per heavy atom. The first-order chi connectivity index (χ1) is 16.3. The second-order valence-corrected chi connectivity index (χ2v) is 7.45. The molecule has 0 saturated heterocycles. The molecule has 4 rings (SSSR count). The normalized spacial score (nSPS) is 11.5. The van der Waals surface area contributed by atoms with Crippen molar-refractivity contribution in [3.05, 3.63) is 71.7 Å². The molecule has 0 saturated carbocycles. The van der Waals surface area contributed by atoms with Gasteiger partial charge in [0.05, 0.1) is 24.6 Å². The van der Waals surface area contributed by atoms with E-state index in [1.807, 2.05) is 13.0 Å². The van der Waals surface area contributed by atoms with Gasteiger partial charge in [0.2, 0.25) is 0 Å². The van der Waals surface area contributed by atoms with E-state index in [0.717, 1.165) is 11.6 Å². The van der Waals surface area contributed by atoms with E-state index in [1.54, 1.807) is 29.8 Å². The zero-order chi connectivity index (χ0) is 24.5. The molecule has 0 aliphatic rings. The number of aryl methyl sites for hydroxylation is 1. The largest absolute Gasteiger partial charge is 0.497 e. The fourth-order valence-corrected chi connectivity index (χ4v) is 3.77. The summed E-state index contributed by atoms with van der Waals surface area (Å²) in [4.78, 5) is 20.7. The maximum absolute atomic E-state index is 13.8. The maximum Gasteiger partial charge on any atom is 0.417 e. The van der Waals surface area contributed by atoms with E-state index >= 15 is 0 Å². The number of anilines is 2. The number of alkyl halides is 3. The van der Waals surface area contributed by atoms with Crippen LogP contribution in [0, 0.1) is 0 Å². The van der Waals surface area contributed by atoms with Gasteiger partial charge in [-0.1, -0.05) is 6.92 Å². The van der Waals surface area contributed by atoms with Crippen molar-refractivity contribution in [2.45, 2.75) is 19.5 Å². The number of rotatable bonds is 6. The molecule has 0 aliphatic carbocycles. The highest BCUT2D eigenvalue weighted by Gasteiger charge is 2.35. The van der Waals surface area contributed by atoms with Gasteiger partial charge in [-0.05, 0) is 48.4 Å². The van der Waals surface area contributed by atoms with Crippen LogP contribution in [0.2, 0.25) is 0 Å². The fourth-order valence-electron chi connectivity index (χ4n) is 3.77. The summed E-state index contributed by atoms with van der Waals surface area (Å²) in [7, 11) is 2.89. The first-order valence-corrected chi connectivity index (χ1v) is 10.5. The Morgan fingerprint density at radius 1 is 1.15 bits per heavy atom. The van der Waals surface area contributed by atoms with Crippen molar-refractivity contribution in [2.24, 2.45) is 0 Å². The molecule has 2 aromatic heterocycles. The molecule has 0 bridgehead atoms. The third-order valence-electron chi connectivity index (χ3n) is 5.46. The summed E-state index contributed by atoms with van der Waals surface area (Å²) in [5.41, 5.74) is 1.86. The molecule has 0 spiro atoms. The van der Waals surface area contributed by atoms with Crippen LogP contribution in [0.4, 0.5) is 24.7 Å². The Bertz CT molecular complexity index is 1360. The van der Waals surface area contributed by atoms with Gasteiger partial charge in [0.15, 0.2) is 11.5 Å². The van der Waals surface area contributed by atoms with Crippen LogP contribution in [-0.2, 0) is 12.6 Å². The number of imidazole rings is 1. The number of aromatic nitrogens is 3. The molecule has 0 fully saturated rings. The molecule has 0 radical (unpaired) electrons. The van der Waals surface area contributed by atoms with E-state index < -0.39 is 11.7 Å². The lowest BCUT2D eigenvalue weighted by molar-refractivity contribution is -0.137. The number of nitrogens with zero attached hydrogens (tertiary/aromatic N) is 3. The van der Waals surface area contributed by atoms with Crippen molar-refractivity contribution >= 4 is 23.1 Å². The van der Waals surface area contributed by atoms with E-state index in [1.165, 1.54) is 31.6 Å². The van der Waals surface area contributed by atoms with Crippen LogP contribution in [-0.4, -0.2) is 34.4 Å². The highest BCUT2D eigenvalue weighted by atomic mass is 19.4. The average Bonchev–Trinajstić information content (AvgIpc) is 3.27. The Labute approximate surface area is 193 Å². The molecular weight excluding hydrogens is 447 g/mol. The van der Waals surface area contributed by atoms with Crippen molar-refractivity contribution < 1.29 is 22.7 Å². The number of carbonyl (C=O) groups excluding carboxylic acids is 1. The van der Waals surface area contributed by atoms with Gasteiger partial charge >= 0.3 is 6.18 Å². The molecule has 2 N–H and O–H groups in total. The molecule has 34 heavy (non-hydrogen) atoms. The number of hydrogen-bond acceptors (Lipinski definition) is 5. The quantitative estimate of drug-likeness (QED) is 0.411. The lowest BCUT2D eigenvalue weighted by Gasteiger charge is -2.14. The molecule has 0 aliphatic heterocycles. The summed E-state index contributed by atoms with van der Waals surface area (Å²) in [6.45, 7) is 1.94. The minimum Gasteiger partial charge on any atom is -0.497 e. The summed E-state index contributed by atoms with van der Waals surface area (Å²) in [6.07, 6.45) is 0.480. The van der Waals surface area contributed by atoms with Gasteiger partial charge in [0, 0.05) is 36.3 Å².